The highest BCUT2D eigenvalue weighted by molar-refractivity contribution is 5.79. The third kappa shape index (κ3) is 3.87. The third-order valence-corrected chi connectivity index (χ3v) is 4.96. The van der Waals surface area contributed by atoms with Crippen LogP contribution in [0.25, 0.3) is 0 Å². The summed E-state index contributed by atoms with van der Waals surface area (Å²) in [6.45, 7) is 5.40. The molecular formula is C22H25NO4. The summed E-state index contributed by atoms with van der Waals surface area (Å²) in [5.74, 6) is 2.29. The molecule has 5 nitrogen and oxygen atoms in total. The standard InChI is InChI=1S/C22H25NO4/c1-22(2)13-16-7-5-9-19(20(16)27-22)25-11-10-23-21(24)17-12-15-6-3-4-8-18(15)26-14-17/h3-9,17H,10-14H2,1-2H3,(H,23,24). The fourth-order valence-corrected chi connectivity index (χ4v) is 3.68. The fraction of sp³-hybridized carbons (Fsp3) is 0.409. The van der Waals surface area contributed by atoms with Crippen LogP contribution in [0.4, 0.5) is 0 Å². The molecule has 4 rings (SSSR count). The van der Waals surface area contributed by atoms with Crippen LogP contribution < -0.4 is 19.5 Å². The van der Waals surface area contributed by atoms with Crippen molar-refractivity contribution in [1.82, 2.24) is 5.32 Å². The van der Waals surface area contributed by atoms with E-state index in [-0.39, 0.29) is 17.4 Å². The van der Waals surface area contributed by atoms with Crippen LogP contribution in [-0.2, 0) is 17.6 Å². The van der Waals surface area contributed by atoms with Gasteiger partial charge in [0.25, 0.3) is 0 Å². The van der Waals surface area contributed by atoms with E-state index < -0.39 is 0 Å². The number of benzene rings is 2. The van der Waals surface area contributed by atoms with E-state index in [2.05, 4.69) is 25.2 Å². The number of hydrogen-bond acceptors (Lipinski definition) is 4. The molecule has 27 heavy (non-hydrogen) atoms. The van der Waals surface area contributed by atoms with Gasteiger partial charge in [-0.2, -0.15) is 0 Å². The lowest BCUT2D eigenvalue weighted by Gasteiger charge is -2.24. The molecule has 0 fully saturated rings. The predicted molar refractivity (Wildman–Crippen MR) is 102 cm³/mol. The lowest BCUT2D eigenvalue weighted by Crippen LogP contribution is -2.39. The number of hydrogen-bond donors (Lipinski definition) is 1. The molecule has 0 radical (unpaired) electrons. The molecule has 1 atom stereocenters. The van der Waals surface area contributed by atoms with Crippen molar-refractivity contribution in [3.8, 4) is 17.2 Å². The van der Waals surface area contributed by atoms with E-state index in [1.807, 2.05) is 36.4 Å². The maximum Gasteiger partial charge on any atom is 0.227 e. The maximum absolute atomic E-state index is 12.4. The first-order valence-electron chi connectivity index (χ1n) is 9.44. The highest BCUT2D eigenvalue weighted by atomic mass is 16.5. The van der Waals surface area contributed by atoms with Gasteiger partial charge in [0.15, 0.2) is 11.5 Å². The Hall–Kier alpha value is -2.69. The quantitative estimate of drug-likeness (QED) is 0.825. The number of rotatable bonds is 5. The monoisotopic (exact) mass is 367 g/mol. The second-order valence-corrected chi connectivity index (χ2v) is 7.74. The number of ether oxygens (including phenoxy) is 3. The van der Waals surface area contributed by atoms with Gasteiger partial charge >= 0.3 is 0 Å². The van der Waals surface area contributed by atoms with Crippen LogP contribution in [-0.4, -0.2) is 31.3 Å². The van der Waals surface area contributed by atoms with Gasteiger partial charge in [-0.05, 0) is 38.0 Å². The molecular weight excluding hydrogens is 342 g/mol. The first-order chi connectivity index (χ1) is 13.0. The molecule has 1 unspecified atom stereocenters. The smallest absolute Gasteiger partial charge is 0.227 e. The Morgan fingerprint density at radius 2 is 2.00 bits per heavy atom. The second kappa shape index (κ2) is 7.14. The molecule has 0 aromatic heterocycles. The predicted octanol–water partition coefficient (Wildman–Crippen LogP) is 3.15. The Labute approximate surface area is 159 Å². The van der Waals surface area contributed by atoms with Gasteiger partial charge in [0.05, 0.1) is 12.5 Å². The minimum Gasteiger partial charge on any atom is -0.492 e. The molecule has 0 saturated heterocycles. The molecule has 1 N–H and O–H groups in total. The Morgan fingerprint density at radius 1 is 1.19 bits per heavy atom. The van der Waals surface area contributed by atoms with Crippen molar-refractivity contribution >= 4 is 5.91 Å². The molecule has 2 aliphatic rings. The summed E-state index contributed by atoms with van der Waals surface area (Å²) in [7, 11) is 0. The maximum atomic E-state index is 12.4. The Morgan fingerprint density at radius 3 is 2.89 bits per heavy atom. The largest absolute Gasteiger partial charge is 0.492 e. The molecule has 2 aromatic rings. The van der Waals surface area contributed by atoms with Crippen molar-refractivity contribution in [1.29, 1.82) is 0 Å². The molecule has 2 aromatic carbocycles. The topological polar surface area (TPSA) is 56.8 Å². The van der Waals surface area contributed by atoms with Crippen molar-refractivity contribution < 1.29 is 19.0 Å². The summed E-state index contributed by atoms with van der Waals surface area (Å²) < 4.78 is 17.6. The number of para-hydroxylation sites is 2. The van der Waals surface area contributed by atoms with E-state index in [4.69, 9.17) is 14.2 Å². The summed E-state index contributed by atoms with van der Waals surface area (Å²) in [6.07, 6.45) is 1.58. The van der Waals surface area contributed by atoms with Gasteiger partial charge in [0.2, 0.25) is 5.91 Å². The highest BCUT2D eigenvalue weighted by Gasteiger charge is 2.32. The Bertz CT molecular complexity index is 846. The molecule has 142 valence electrons. The molecule has 1 amide bonds. The minimum atomic E-state index is -0.201. The lowest BCUT2D eigenvalue weighted by molar-refractivity contribution is -0.126. The van der Waals surface area contributed by atoms with E-state index in [9.17, 15) is 4.79 Å². The van der Waals surface area contributed by atoms with Crippen molar-refractivity contribution in [2.75, 3.05) is 19.8 Å². The van der Waals surface area contributed by atoms with Crippen LogP contribution in [0.3, 0.4) is 0 Å². The zero-order chi connectivity index (χ0) is 18.9. The summed E-state index contributed by atoms with van der Waals surface area (Å²) >= 11 is 0. The van der Waals surface area contributed by atoms with Gasteiger partial charge in [0, 0.05) is 12.0 Å². The number of carbonyl (C=O) groups is 1. The van der Waals surface area contributed by atoms with E-state index in [0.29, 0.717) is 26.2 Å². The average molecular weight is 367 g/mol. The van der Waals surface area contributed by atoms with Crippen LogP contribution >= 0.6 is 0 Å². The van der Waals surface area contributed by atoms with Crippen molar-refractivity contribution in [2.24, 2.45) is 5.92 Å². The van der Waals surface area contributed by atoms with Crippen LogP contribution in [0.15, 0.2) is 42.5 Å². The molecule has 2 heterocycles. The second-order valence-electron chi connectivity index (χ2n) is 7.74. The van der Waals surface area contributed by atoms with Crippen LogP contribution in [0.1, 0.15) is 25.0 Å². The number of nitrogens with one attached hydrogen (secondary N) is 1. The van der Waals surface area contributed by atoms with E-state index in [1.54, 1.807) is 0 Å². The first kappa shape index (κ1) is 17.7. The molecule has 0 bridgehead atoms. The van der Waals surface area contributed by atoms with Crippen molar-refractivity contribution in [2.45, 2.75) is 32.3 Å². The van der Waals surface area contributed by atoms with Gasteiger partial charge in [-0.15, -0.1) is 0 Å². The SMILES string of the molecule is CC1(C)Cc2cccc(OCCNC(=O)C3COc4ccccc4C3)c2O1. The number of carbonyl (C=O) groups excluding carboxylic acids is 1. The van der Waals surface area contributed by atoms with Crippen LogP contribution in [0, 0.1) is 5.92 Å². The van der Waals surface area contributed by atoms with Gasteiger partial charge in [-0.1, -0.05) is 30.3 Å². The van der Waals surface area contributed by atoms with Crippen molar-refractivity contribution in [3.63, 3.8) is 0 Å². The summed E-state index contributed by atoms with van der Waals surface area (Å²) in [5.41, 5.74) is 2.05. The molecule has 5 heteroatoms. The van der Waals surface area contributed by atoms with Crippen molar-refractivity contribution in [3.05, 3.63) is 53.6 Å². The number of fused-ring (bicyclic) bond motifs is 2. The zero-order valence-electron chi connectivity index (χ0n) is 15.8. The molecule has 2 aliphatic heterocycles. The highest BCUT2D eigenvalue weighted by Crippen LogP contribution is 2.41. The van der Waals surface area contributed by atoms with Crippen LogP contribution in [0.5, 0.6) is 17.2 Å². The molecule has 0 saturated carbocycles. The van der Waals surface area contributed by atoms with E-state index in [1.165, 1.54) is 5.56 Å². The molecule has 0 spiro atoms. The minimum absolute atomic E-state index is 0.00350. The summed E-state index contributed by atoms with van der Waals surface area (Å²) in [5, 5.41) is 2.95. The normalized spacial score (nSPS) is 19.3. The number of amides is 1. The zero-order valence-corrected chi connectivity index (χ0v) is 15.8. The fourth-order valence-electron chi connectivity index (χ4n) is 3.68. The van der Waals surface area contributed by atoms with Gasteiger partial charge in [0.1, 0.15) is 24.6 Å². The summed E-state index contributed by atoms with van der Waals surface area (Å²) in [6, 6.07) is 13.8. The van der Waals surface area contributed by atoms with Gasteiger partial charge in [-0.3, -0.25) is 4.79 Å². The lowest BCUT2D eigenvalue weighted by atomic mass is 9.96. The van der Waals surface area contributed by atoms with E-state index >= 15 is 0 Å². The third-order valence-electron chi connectivity index (χ3n) is 4.96. The first-order valence-corrected chi connectivity index (χ1v) is 9.44. The van der Waals surface area contributed by atoms with Crippen LogP contribution in [0.2, 0.25) is 0 Å². The Balaban J connectivity index is 1.27. The van der Waals surface area contributed by atoms with E-state index in [0.717, 1.165) is 29.2 Å². The summed E-state index contributed by atoms with van der Waals surface area (Å²) in [4.78, 5) is 12.4. The van der Waals surface area contributed by atoms with Gasteiger partial charge in [-0.25, -0.2) is 0 Å². The van der Waals surface area contributed by atoms with Gasteiger partial charge < -0.3 is 19.5 Å². The molecule has 0 aliphatic carbocycles. The Kier molecular flexibility index (Phi) is 4.68. The average Bonchev–Trinajstić information content (AvgIpc) is 2.99.